The molecule has 0 fully saturated rings. The van der Waals surface area contributed by atoms with Gasteiger partial charge >= 0.3 is 0 Å². The summed E-state index contributed by atoms with van der Waals surface area (Å²) in [6.45, 7) is 0.780. The van der Waals surface area contributed by atoms with Gasteiger partial charge in [-0.2, -0.15) is 0 Å². The van der Waals surface area contributed by atoms with E-state index in [-0.39, 0.29) is 0 Å². The lowest BCUT2D eigenvalue weighted by molar-refractivity contribution is 0.673. The van der Waals surface area contributed by atoms with Gasteiger partial charge in [0.25, 0.3) is 0 Å². The average Bonchev–Trinajstić information content (AvgIpc) is 3.78. The van der Waals surface area contributed by atoms with Crippen LogP contribution in [0.1, 0.15) is 49.5 Å². The third kappa shape index (κ3) is 4.25. The lowest BCUT2D eigenvalue weighted by Crippen LogP contribution is -1.93. The zero-order chi connectivity index (χ0) is 55.5. The number of fused-ring (bicyclic) bond motifs is 8. The molecule has 9 aromatic rings. The second-order valence-electron chi connectivity index (χ2n) is 10.1. The molecule has 1 heteroatoms. The van der Waals surface area contributed by atoms with Crippen LogP contribution in [0.25, 0.3) is 87.3 Å². The maximum Gasteiger partial charge on any atom is 0.143 e. The van der Waals surface area contributed by atoms with Crippen LogP contribution in [0.15, 0.2) is 175 Å². The molecular formula is C46H30O. The fraction of sp³-hybridized carbons (Fsp3) is 0. The SMILES string of the molecule is [2H]C=C(/C([2H])=C(/[2H])C(=C[2H])c1c2c([2H])c([2H])c([2H])c([2H])c2c(-c2c([2H])c([2H])c([2H])c3oc4c5c([2H])c([2H])c([2H])c([2H])c5c([2H])c([2H])c4c23)c2c([2H])c([2H])c([2H])c([2H])c12)c1c([2H])c([2H])c([2H])c2c([2H])c([2H])c([2H])c([2H])c12. The molecule has 0 radical (unpaired) electrons. The van der Waals surface area contributed by atoms with Crippen molar-refractivity contribution < 1.29 is 42.8 Å². The fourth-order valence-corrected chi connectivity index (χ4v) is 5.57. The summed E-state index contributed by atoms with van der Waals surface area (Å²) in [5.41, 5.74) is -5.68. The Morgan fingerprint density at radius 1 is 0.532 bits per heavy atom. The van der Waals surface area contributed by atoms with Gasteiger partial charge in [-0.3, -0.25) is 0 Å². The summed E-state index contributed by atoms with van der Waals surface area (Å²) in [6, 6.07) is -23.8. The summed E-state index contributed by atoms with van der Waals surface area (Å²) < 4.78 is 256. The molecule has 0 bridgehead atoms. The van der Waals surface area contributed by atoms with E-state index in [1.807, 2.05) is 0 Å². The molecule has 9 rings (SSSR count). The highest BCUT2D eigenvalue weighted by atomic mass is 16.3. The second-order valence-corrected chi connectivity index (χ2v) is 10.1. The summed E-state index contributed by atoms with van der Waals surface area (Å²) in [5, 5.41) is -6.11. The van der Waals surface area contributed by atoms with E-state index >= 15 is 0 Å². The van der Waals surface area contributed by atoms with Crippen molar-refractivity contribution in [1.82, 2.24) is 0 Å². The van der Waals surface area contributed by atoms with Crippen LogP contribution in [0.2, 0.25) is 0 Å². The van der Waals surface area contributed by atoms with Crippen molar-refractivity contribution in [2.75, 3.05) is 0 Å². The monoisotopic (exact) mass is 626 g/mol. The molecule has 0 saturated heterocycles. The predicted molar refractivity (Wildman–Crippen MR) is 203 cm³/mol. The molecule has 1 heterocycles. The van der Waals surface area contributed by atoms with Crippen molar-refractivity contribution >= 4 is 76.2 Å². The van der Waals surface area contributed by atoms with Gasteiger partial charge in [-0.1, -0.05) is 158 Å². The van der Waals surface area contributed by atoms with E-state index in [9.17, 15) is 11.0 Å². The van der Waals surface area contributed by atoms with Gasteiger partial charge in [0.2, 0.25) is 0 Å². The summed E-state index contributed by atoms with van der Waals surface area (Å²) in [4.78, 5) is 0. The van der Waals surface area contributed by atoms with E-state index in [0.717, 1.165) is 0 Å². The zero-order valence-corrected chi connectivity index (χ0v) is 23.6. The minimum absolute atomic E-state index is 0.382. The topological polar surface area (TPSA) is 13.1 Å². The van der Waals surface area contributed by atoms with Gasteiger partial charge in [0, 0.05) is 16.2 Å². The van der Waals surface area contributed by atoms with Crippen LogP contribution < -0.4 is 0 Å². The van der Waals surface area contributed by atoms with E-state index in [2.05, 4.69) is 0 Å². The van der Waals surface area contributed by atoms with Crippen LogP contribution in [-0.2, 0) is 0 Å². The molecule has 0 atom stereocenters. The molecule has 0 aliphatic carbocycles. The van der Waals surface area contributed by atoms with E-state index in [0.29, 0.717) is 13.1 Å². The van der Waals surface area contributed by atoms with Gasteiger partial charge in [-0.15, -0.1) is 0 Å². The molecule has 8 aromatic carbocycles. The lowest BCUT2D eigenvalue weighted by atomic mass is 9.85. The van der Waals surface area contributed by atoms with Gasteiger partial charge in [-0.25, -0.2) is 0 Å². The highest BCUT2D eigenvalue weighted by molar-refractivity contribution is 6.26. The van der Waals surface area contributed by atoms with E-state index in [1.165, 1.54) is 0 Å². The quantitative estimate of drug-likeness (QED) is 0.137. The Balaban J connectivity index is 1.54. The smallest absolute Gasteiger partial charge is 0.143 e. The minimum Gasteiger partial charge on any atom is -0.455 e. The summed E-state index contributed by atoms with van der Waals surface area (Å²) in [7, 11) is 0. The number of furan rings is 1. The largest absolute Gasteiger partial charge is 0.455 e. The highest BCUT2D eigenvalue weighted by Crippen LogP contribution is 2.46. The minimum atomic E-state index is -1.16. The Bertz CT molecular complexity index is 4230. The Labute approximate surface area is 312 Å². The van der Waals surface area contributed by atoms with Crippen LogP contribution in [0.5, 0.6) is 0 Å². The van der Waals surface area contributed by atoms with Crippen molar-refractivity contribution in [2.24, 2.45) is 0 Å². The van der Waals surface area contributed by atoms with Crippen molar-refractivity contribution in [2.45, 2.75) is 0 Å². The maximum atomic E-state index is 9.56. The van der Waals surface area contributed by atoms with E-state index in [4.69, 9.17) is 31.8 Å². The molecule has 0 amide bonds. The van der Waals surface area contributed by atoms with Gasteiger partial charge in [0.05, 0.1) is 38.4 Å². The molecule has 0 spiro atoms. The molecule has 1 nitrogen and oxygen atoms in total. The fourth-order valence-electron chi connectivity index (χ4n) is 5.57. The number of benzene rings is 8. The first-order valence-corrected chi connectivity index (χ1v) is 13.7. The first kappa shape index (κ1) is 11.0. The highest BCUT2D eigenvalue weighted by Gasteiger charge is 2.20. The summed E-state index contributed by atoms with van der Waals surface area (Å²) >= 11 is 0. The standard InChI is InChI=1S/C46H30O/c1-29(33-22-11-15-31-13-3-5-16-34(31)33)25-26-30(2)43-36-18-7-9-20-38(36)44(39-21-10-8-19-37(39)43)40-23-12-24-42-45(40)41-28-27-32-14-4-6-17-35(32)46(41)47-42/h3-28H,1-2H2/b26-25-/i1D,2D,3D,4D,5D,6D,7D,8D,9D,10D,11D,12D,13D,14D,15D,16D,17D,18D,19D,20D,21D,22D,23D,24D,25D,26D,27D,28D/b26-25-,29-1?,30-2?. The zero-order valence-electron chi connectivity index (χ0n) is 51.6. The molecule has 220 valence electrons. The van der Waals surface area contributed by atoms with Gasteiger partial charge in [0.1, 0.15) is 11.2 Å². The predicted octanol–water partition coefficient (Wildman–Crippen LogP) is 13.1. The molecule has 47 heavy (non-hydrogen) atoms. The first-order valence-electron chi connectivity index (χ1n) is 27.9. The molecular weight excluding hydrogens is 569 g/mol. The van der Waals surface area contributed by atoms with Crippen LogP contribution >= 0.6 is 0 Å². The Kier molecular flexibility index (Phi) is 2.50. The Hall–Kier alpha value is -6.18. The number of hydrogen-bond acceptors (Lipinski definition) is 1. The Morgan fingerprint density at radius 3 is 1.83 bits per heavy atom. The van der Waals surface area contributed by atoms with Gasteiger partial charge < -0.3 is 4.42 Å². The van der Waals surface area contributed by atoms with Gasteiger partial charge in [0.15, 0.2) is 0 Å². The van der Waals surface area contributed by atoms with Crippen LogP contribution in [0.3, 0.4) is 0 Å². The second kappa shape index (κ2) is 10.7. The molecule has 0 unspecified atom stereocenters. The first-order chi connectivity index (χ1) is 35.1. The van der Waals surface area contributed by atoms with Crippen LogP contribution in [-0.4, -0.2) is 0 Å². The van der Waals surface area contributed by atoms with E-state index < -0.39 is 256 Å². The number of rotatable bonds is 5. The lowest BCUT2D eigenvalue weighted by Gasteiger charge is -2.18. The van der Waals surface area contributed by atoms with Crippen LogP contribution in [0, 0.1) is 0 Å². The van der Waals surface area contributed by atoms with Crippen molar-refractivity contribution in [3.05, 3.63) is 181 Å². The van der Waals surface area contributed by atoms with Crippen LogP contribution in [0.4, 0.5) is 0 Å². The normalized spacial score (nSPS) is 21.6. The maximum absolute atomic E-state index is 9.56. The Morgan fingerprint density at radius 2 is 1.11 bits per heavy atom. The molecule has 0 saturated carbocycles. The molecule has 0 N–H and O–H groups in total. The number of hydrogen-bond donors (Lipinski definition) is 0. The molecule has 0 aliphatic heterocycles. The summed E-state index contributed by atoms with van der Waals surface area (Å²) in [6.07, 6.45) is 0. The third-order valence-corrected chi connectivity index (χ3v) is 7.56. The number of allylic oxidation sites excluding steroid dienone is 4. The van der Waals surface area contributed by atoms with Crippen molar-refractivity contribution in [3.63, 3.8) is 0 Å². The molecule has 0 aliphatic rings. The van der Waals surface area contributed by atoms with E-state index in [1.54, 1.807) is 0 Å². The average molecular weight is 627 g/mol. The van der Waals surface area contributed by atoms with Crippen molar-refractivity contribution in [3.8, 4) is 11.1 Å². The third-order valence-electron chi connectivity index (χ3n) is 7.56. The molecule has 1 aromatic heterocycles. The van der Waals surface area contributed by atoms with Gasteiger partial charge in [-0.05, 0) is 83.2 Å². The van der Waals surface area contributed by atoms with Crippen molar-refractivity contribution in [1.29, 1.82) is 0 Å². The summed E-state index contributed by atoms with van der Waals surface area (Å²) in [5.74, 6) is 0.